The molecule has 0 saturated heterocycles. The van der Waals surface area contributed by atoms with Crippen molar-refractivity contribution in [2.24, 2.45) is 11.7 Å². The van der Waals surface area contributed by atoms with Crippen LogP contribution < -0.4 is 11.1 Å². The average Bonchev–Trinajstić information content (AvgIpc) is 3.01. The van der Waals surface area contributed by atoms with E-state index in [0.717, 1.165) is 12.1 Å². The van der Waals surface area contributed by atoms with Crippen molar-refractivity contribution in [3.05, 3.63) is 53.2 Å². The molecule has 3 N–H and O–H groups in total. The van der Waals surface area contributed by atoms with Gasteiger partial charge in [-0.1, -0.05) is 26.0 Å². The second kappa shape index (κ2) is 7.69. The van der Waals surface area contributed by atoms with Crippen LogP contribution in [-0.2, 0) is 12.7 Å². The van der Waals surface area contributed by atoms with Gasteiger partial charge in [-0.25, -0.2) is 4.98 Å². The number of rotatable bonds is 6. The van der Waals surface area contributed by atoms with Gasteiger partial charge >= 0.3 is 6.18 Å². The molecule has 2 aromatic rings. The average molecular weight is 355 g/mol. The molecule has 0 aliphatic heterocycles. The number of carbonyl (C=O) groups is 1. The summed E-state index contributed by atoms with van der Waals surface area (Å²) in [4.78, 5) is 16.1. The van der Waals surface area contributed by atoms with Gasteiger partial charge in [0.25, 0.3) is 5.91 Å². The molecule has 1 heterocycles. The van der Waals surface area contributed by atoms with Crippen molar-refractivity contribution in [2.45, 2.75) is 39.0 Å². The summed E-state index contributed by atoms with van der Waals surface area (Å²) in [5.74, 6) is 0.0714. The van der Waals surface area contributed by atoms with Gasteiger partial charge in [0, 0.05) is 6.54 Å². The number of benzene rings is 1. The minimum Gasteiger partial charge on any atom is -0.446 e. The van der Waals surface area contributed by atoms with Crippen LogP contribution in [0, 0.1) is 5.92 Å². The molecule has 0 saturated carbocycles. The second-order valence-corrected chi connectivity index (χ2v) is 6.19. The fourth-order valence-corrected chi connectivity index (χ4v) is 2.30. The third kappa shape index (κ3) is 5.32. The maximum absolute atomic E-state index is 12.7. The summed E-state index contributed by atoms with van der Waals surface area (Å²) in [7, 11) is 0. The molecule has 5 nitrogen and oxygen atoms in total. The van der Waals surface area contributed by atoms with Gasteiger partial charge in [0.2, 0.25) is 5.89 Å². The quantitative estimate of drug-likeness (QED) is 0.828. The molecule has 136 valence electrons. The van der Waals surface area contributed by atoms with E-state index in [-0.39, 0.29) is 18.1 Å². The maximum atomic E-state index is 12.7. The van der Waals surface area contributed by atoms with Gasteiger partial charge in [0.15, 0.2) is 5.69 Å². The highest BCUT2D eigenvalue weighted by Gasteiger charge is 2.30. The molecule has 1 aromatic heterocycles. The van der Waals surface area contributed by atoms with E-state index in [9.17, 15) is 18.0 Å². The predicted molar refractivity (Wildman–Crippen MR) is 85.5 cm³/mol. The first-order chi connectivity index (χ1) is 11.7. The van der Waals surface area contributed by atoms with Gasteiger partial charge in [0.05, 0.1) is 11.6 Å². The second-order valence-electron chi connectivity index (χ2n) is 6.19. The number of halogens is 3. The van der Waals surface area contributed by atoms with Crippen LogP contribution in [0.15, 0.2) is 34.9 Å². The summed E-state index contributed by atoms with van der Waals surface area (Å²) < 4.78 is 43.3. The summed E-state index contributed by atoms with van der Waals surface area (Å²) in [5.41, 5.74) is 5.56. The lowest BCUT2D eigenvalue weighted by Crippen LogP contribution is -2.23. The van der Waals surface area contributed by atoms with Crippen LogP contribution in [0.25, 0.3) is 0 Å². The van der Waals surface area contributed by atoms with Crippen LogP contribution in [-0.4, -0.2) is 10.9 Å². The van der Waals surface area contributed by atoms with E-state index in [2.05, 4.69) is 10.3 Å². The molecule has 2 rings (SSSR count). The fourth-order valence-electron chi connectivity index (χ4n) is 2.30. The molecule has 0 bridgehead atoms. The Labute approximate surface area is 143 Å². The zero-order valence-electron chi connectivity index (χ0n) is 13.9. The first-order valence-corrected chi connectivity index (χ1v) is 7.82. The van der Waals surface area contributed by atoms with Gasteiger partial charge in [-0.05, 0) is 30.0 Å². The largest absolute Gasteiger partial charge is 0.446 e. The molecule has 1 amide bonds. The SMILES string of the molecule is CC(C)CC(N)c1nc(C(=O)NCc2cccc(C(F)(F)F)c2)co1. The fraction of sp³-hybridized carbons (Fsp3) is 0.412. The third-order valence-electron chi connectivity index (χ3n) is 3.50. The van der Waals surface area contributed by atoms with Gasteiger partial charge in [-0.2, -0.15) is 13.2 Å². The molecular formula is C17H20F3N3O2. The Morgan fingerprint density at radius 2 is 2.08 bits per heavy atom. The van der Waals surface area contributed by atoms with E-state index < -0.39 is 23.7 Å². The van der Waals surface area contributed by atoms with E-state index in [4.69, 9.17) is 10.2 Å². The van der Waals surface area contributed by atoms with Crippen LogP contribution in [0.5, 0.6) is 0 Å². The van der Waals surface area contributed by atoms with E-state index in [1.54, 1.807) is 0 Å². The van der Waals surface area contributed by atoms with Crippen molar-refractivity contribution in [1.82, 2.24) is 10.3 Å². The van der Waals surface area contributed by atoms with E-state index >= 15 is 0 Å². The third-order valence-corrected chi connectivity index (χ3v) is 3.50. The maximum Gasteiger partial charge on any atom is 0.416 e. The topological polar surface area (TPSA) is 81.1 Å². The predicted octanol–water partition coefficient (Wildman–Crippen LogP) is 3.67. The van der Waals surface area contributed by atoms with Crippen LogP contribution in [0.4, 0.5) is 13.2 Å². The Kier molecular flexibility index (Phi) is 5.84. The smallest absolute Gasteiger partial charge is 0.416 e. The zero-order valence-corrected chi connectivity index (χ0v) is 13.9. The summed E-state index contributed by atoms with van der Waals surface area (Å²) >= 11 is 0. The summed E-state index contributed by atoms with van der Waals surface area (Å²) in [6.07, 6.45) is -2.57. The molecule has 1 aromatic carbocycles. The number of nitrogens with zero attached hydrogens (tertiary/aromatic N) is 1. The number of nitrogens with one attached hydrogen (secondary N) is 1. The molecule has 1 unspecified atom stereocenters. The normalized spacial score (nSPS) is 13.1. The first-order valence-electron chi connectivity index (χ1n) is 7.82. The zero-order chi connectivity index (χ0) is 18.6. The van der Waals surface area contributed by atoms with Crippen molar-refractivity contribution in [3.8, 4) is 0 Å². The van der Waals surface area contributed by atoms with Crippen LogP contribution in [0.2, 0.25) is 0 Å². The van der Waals surface area contributed by atoms with Crippen molar-refractivity contribution in [1.29, 1.82) is 0 Å². The number of amides is 1. The van der Waals surface area contributed by atoms with Crippen LogP contribution >= 0.6 is 0 Å². The highest BCUT2D eigenvalue weighted by Crippen LogP contribution is 2.29. The number of aromatic nitrogens is 1. The molecule has 0 radical (unpaired) electrons. The van der Waals surface area contributed by atoms with Crippen LogP contribution in [0.1, 0.15) is 53.8 Å². The standard InChI is InChI=1S/C17H20F3N3O2/c1-10(2)6-13(21)16-23-14(9-25-16)15(24)22-8-11-4-3-5-12(7-11)17(18,19)20/h3-5,7,9-10,13H,6,8,21H2,1-2H3,(H,22,24). The van der Waals surface area contributed by atoms with Crippen molar-refractivity contribution in [2.75, 3.05) is 0 Å². The van der Waals surface area contributed by atoms with Gasteiger partial charge in [-0.3, -0.25) is 4.79 Å². The minimum atomic E-state index is -4.42. The molecule has 0 aliphatic carbocycles. The van der Waals surface area contributed by atoms with Gasteiger partial charge in [0.1, 0.15) is 6.26 Å². The Balaban J connectivity index is 1.98. The molecule has 0 spiro atoms. The molecular weight excluding hydrogens is 335 g/mol. The lowest BCUT2D eigenvalue weighted by atomic mass is 10.0. The first kappa shape index (κ1) is 19.0. The number of carbonyl (C=O) groups excluding carboxylic acids is 1. The summed E-state index contributed by atoms with van der Waals surface area (Å²) in [6.45, 7) is 3.96. The lowest BCUT2D eigenvalue weighted by Gasteiger charge is -2.09. The Morgan fingerprint density at radius 3 is 2.72 bits per heavy atom. The number of hydrogen-bond acceptors (Lipinski definition) is 4. The van der Waals surface area contributed by atoms with Crippen molar-refractivity contribution in [3.63, 3.8) is 0 Å². The van der Waals surface area contributed by atoms with Crippen molar-refractivity contribution < 1.29 is 22.4 Å². The van der Waals surface area contributed by atoms with Gasteiger partial charge < -0.3 is 15.5 Å². The van der Waals surface area contributed by atoms with E-state index in [1.807, 2.05) is 13.8 Å². The highest BCUT2D eigenvalue weighted by molar-refractivity contribution is 5.91. The summed E-state index contributed by atoms with van der Waals surface area (Å²) in [6, 6.07) is 4.36. The van der Waals surface area contributed by atoms with Crippen LogP contribution in [0.3, 0.4) is 0 Å². The molecule has 0 aliphatic rings. The number of nitrogens with two attached hydrogens (primary N) is 1. The molecule has 8 heteroatoms. The van der Waals surface area contributed by atoms with E-state index in [1.165, 1.54) is 18.4 Å². The lowest BCUT2D eigenvalue weighted by molar-refractivity contribution is -0.137. The Morgan fingerprint density at radius 1 is 1.36 bits per heavy atom. The minimum absolute atomic E-state index is 0.0428. The Hall–Kier alpha value is -2.35. The molecule has 25 heavy (non-hydrogen) atoms. The van der Waals surface area contributed by atoms with Crippen molar-refractivity contribution >= 4 is 5.91 Å². The number of hydrogen-bond donors (Lipinski definition) is 2. The van der Waals surface area contributed by atoms with E-state index in [0.29, 0.717) is 17.9 Å². The Bertz CT molecular complexity index is 726. The monoisotopic (exact) mass is 355 g/mol. The summed E-state index contributed by atoms with van der Waals surface area (Å²) in [5, 5.41) is 2.52. The number of oxazole rings is 1. The molecule has 0 fully saturated rings. The molecule has 1 atom stereocenters. The number of alkyl halides is 3. The van der Waals surface area contributed by atoms with Gasteiger partial charge in [-0.15, -0.1) is 0 Å². The highest BCUT2D eigenvalue weighted by atomic mass is 19.4.